The standard InChI is InChI=1S/C17H25NO2/c1-13(2)12-20-16-10-6-7-14(11-16)17(19)18-15-8-4-3-5-9-15/h6-7,10-11,13,15H,3-5,8-9,12H2,1-2H3,(H,18,19). The summed E-state index contributed by atoms with van der Waals surface area (Å²) in [7, 11) is 0. The normalized spacial score (nSPS) is 16.1. The van der Waals surface area contributed by atoms with Gasteiger partial charge in [-0.1, -0.05) is 39.2 Å². The third-order valence-electron chi connectivity index (χ3n) is 3.62. The van der Waals surface area contributed by atoms with Crippen LogP contribution in [0.5, 0.6) is 5.75 Å². The number of hydrogen-bond acceptors (Lipinski definition) is 2. The Morgan fingerprint density at radius 3 is 2.75 bits per heavy atom. The predicted octanol–water partition coefficient (Wildman–Crippen LogP) is 3.78. The Labute approximate surface area is 121 Å². The average Bonchev–Trinajstić information content (AvgIpc) is 2.46. The van der Waals surface area contributed by atoms with Crippen molar-refractivity contribution in [1.82, 2.24) is 5.32 Å². The Bertz CT molecular complexity index is 436. The molecular formula is C17H25NO2. The van der Waals surface area contributed by atoms with Crippen molar-refractivity contribution in [2.24, 2.45) is 5.92 Å². The van der Waals surface area contributed by atoms with E-state index in [0.717, 1.165) is 18.6 Å². The summed E-state index contributed by atoms with van der Waals surface area (Å²) in [6, 6.07) is 7.81. The quantitative estimate of drug-likeness (QED) is 0.888. The summed E-state index contributed by atoms with van der Waals surface area (Å²) in [6.07, 6.45) is 5.96. The number of ether oxygens (including phenoxy) is 1. The van der Waals surface area contributed by atoms with Crippen LogP contribution in [0.15, 0.2) is 24.3 Å². The third-order valence-corrected chi connectivity index (χ3v) is 3.62. The van der Waals surface area contributed by atoms with Crippen molar-refractivity contribution in [3.05, 3.63) is 29.8 Å². The number of carbonyl (C=O) groups excluding carboxylic acids is 1. The zero-order valence-electron chi connectivity index (χ0n) is 12.5. The van der Waals surface area contributed by atoms with E-state index in [1.807, 2.05) is 24.3 Å². The number of hydrogen-bond donors (Lipinski definition) is 1. The zero-order chi connectivity index (χ0) is 14.4. The molecule has 1 fully saturated rings. The van der Waals surface area contributed by atoms with Crippen LogP contribution in [-0.2, 0) is 0 Å². The molecule has 0 heterocycles. The van der Waals surface area contributed by atoms with Crippen LogP contribution in [0.4, 0.5) is 0 Å². The van der Waals surface area contributed by atoms with E-state index < -0.39 is 0 Å². The van der Waals surface area contributed by atoms with Gasteiger partial charge < -0.3 is 10.1 Å². The average molecular weight is 275 g/mol. The molecule has 0 bridgehead atoms. The van der Waals surface area contributed by atoms with Crippen molar-refractivity contribution in [2.75, 3.05) is 6.61 Å². The Balaban J connectivity index is 1.93. The predicted molar refractivity (Wildman–Crippen MR) is 81.1 cm³/mol. The van der Waals surface area contributed by atoms with E-state index in [-0.39, 0.29) is 5.91 Å². The van der Waals surface area contributed by atoms with E-state index in [1.54, 1.807) is 0 Å². The maximum atomic E-state index is 12.2. The van der Waals surface area contributed by atoms with Gasteiger partial charge in [-0.15, -0.1) is 0 Å². The molecule has 0 aliphatic heterocycles. The molecule has 1 aliphatic carbocycles. The fourth-order valence-corrected chi connectivity index (χ4v) is 2.51. The highest BCUT2D eigenvalue weighted by Gasteiger charge is 2.16. The molecule has 2 rings (SSSR count). The first kappa shape index (κ1) is 14.9. The molecule has 0 saturated heterocycles. The maximum absolute atomic E-state index is 12.2. The first-order valence-corrected chi connectivity index (χ1v) is 7.69. The van der Waals surface area contributed by atoms with Crippen LogP contribution in [0, 0.1) is 5.92 Å². The van der Waals surface area contributed by atoms with Gasteiger partial charge in [-0.05, 0) is 37.0 Å². The molecule has 0 spiro atoms. The van der Waals surface area contributed by atoms with Gasteiger partial charge in [-0.3, -0.25) is 4.79 Å². The van der Waals surface area contributed by atoms with Crippen LogP contribution >= 0.6 is 0 Å². The second-order valence-corrected chi connectivity index (χ2v) is 6.04. The van der Waals surface area contributed by atoms with E-state index in [2.05, 4.69) is 19.2 Å². The molecule has 0 unspecified atom stereocenters. The Morgan fingerprint density at radius 1 is 1.30 bits per heavy atom. The summed E-state index contributed by atoms with van der Waals surface area (Å²) in [5.74, 6) is 1.27. The molecule has 3 heteroatoms. The van der Waals surface area contributed by atoms with Gasteiger partial charge in [-0.25, -0.2) is 0 Å². The Hall–Kier alpha value is -1.51. The fourth-order valence-electron chi connectivity index (χ4n) is 2.51. The van der Waals surface area contributed by atoms with Gasteiger partial charge in [-0.2, -0.15) is 0 Å². The van der Waals surface area contributed by atoms with E-state index >= 15 is 0 Å². The zero-order valence-corrected chi connectivity index (χ0v) is 12.5. The molecule has 1 saturated carbocycles. The van der Waals surface area contributed by atoms with E-state index in [4.69, 9.17) is 4.74 Å². The molecule has 1 aliphatic rings. The molecule has 3 nitrogen and oxygen atoms in total. The Morgan fingerprint density at radius 2 is 2.05 bits per heavy atom. The highest BCUT2D eigenvalue weighted by molar-refractivity contribution is 5.94. The van der Waals surface area contributed by atoms with Gasteiger partial charge in [0.25, 0.3) is 5.91 Å². The van der Waals surface area contributed by atoms with Crippen LogP contribution in [0.3, 0.4) is 0 Å². The van der Waals surface area contributed by atoms with Crippen molar-refractivity contribution >= 4 is 5.91 Å². The highest BCUT2D eigenvalue weighted by Crippen LogP contribution is 2.19. The van der Waals surface area contributed by atoms with Gasteiger partial charge >= 0.3 is 0 Å². The van der Waals surface area contributed by atoms with E-state index in [9.17, 15) is 4.79 Å². The summed E-state index contributed by atoms with van der Waals surface area (Å²) < 4.78 is 5.67. The number of amides is 1. The SMILES string of the molecule is CC(C)COc1cccc(C(=O)NC2CCCCC2)c1. The molecule has 0 atom stereocenters. The van der Waals surface area contributed by atoms with Crippen LogP contribution in [0.25, 0.3) is 0 Å². The second-order valence-electron chi connectivity index (χ2n) is 6.04. The summed E-state index contributed by atoms with van der Waals surface area (Å²) in [5, 5.41) is 3.13. The lowest BCUT2D eigenvalue weighted by atomic mass is 9.95. The van der Waals surface area contributed by atoms with Gasteiger partial charge in [0.15, 0.2) is 0 Å². The molecule has 1 aromatic carbocycles. The molecular weight excluding hydrogens is 250 g/mol. The van der Waals surface area contributed by atoms with Crippen LogP contribution < -0.4 is 10.1 Å². The molecule has 0 radical (unpaired) electrons. The van der Waals surface area contributed by atoms with E-state index in [0.29, 0.717) is 24.1 Å². The minimum atomic E-state index is 0.0203. The lowest BCUT2D eigenvalue weighted by Crippen LogP contribution is -2.36. The van der Waals surface area contributed by atoms with Crippen molar-refractivity contribution in [3.63, 3.8) is 0 Å². The number of rotatable bonds is 5. The molecule has 1 aromatic rings. The highest BCUT2D eigenvalue weighted by atomic mass is 16.5. The van der Waals surface area contributed by atoms with Gasteiger partial charge in [0, 0.05) is 11.6 Å². The maximum Gasteiger partial charge on any atom is 0.251 e. The van der Waals surface area contributed by atoms with Gasteiger partial charge in [0.1, 0.15) is 5.75 Å². The minimum Gasteiger partial charge on any atom is -0.493 e. The first-order valence-electron chi connectivity index (χ1n) is 7.69. The van der Waals surface area contributed by atoms with Crippen molar-refractivity contribution in [2.45, 2.75) is 52.0 Å². The molecule has 20 heavy (non-hydrogen) atoms. The number of nitrogens with one attached hydrogen (secondary N) is 1. The Kier molecular flexibility index (Phi) is 5.45. The summed E-state index contributed by atoms with van der Waals surface area (Å²) >= 11 is 0. The lowest BCUT2D eigenvalue weighted by Gasteiger charge is -2.22. The monoisotopic (exact) mass is 275 g/mol. The largest absolute Gasteiger partial charge is 0.493 e. The van der Waals surface area contributed by atoms with Gasteiger partial charge in [0.05, 0.1) is 6.61 Å². The molecule has 0 aromatic heterocycles. The van der Waals surface area contributed by atoms with Gasteiger partial charge in [0.2, 0.25) is 0 Å². The molecule has 1 N–H and O–H groups in total. The van der Waals surface area contributed by atoms with Crippen LogP contribution in [0.2, 0.25) is 0 Å². The van der Waals surface area contributed by atoms with Crippen molar-refractivity contribution in [3.8, 4) is 5.75 Å². The van der Waals surface area contributed by atoms with Crippen LogP contribution in [0.1, 0.15) is 56.3 Å². The molecule has 1 amide bonds. The number of carbonyl (C=O) groups is 1. The van der Waals surface area contributed by atoms with Crippen molar-refractivity contribution < 1.29 is 9.53 Å². The third kappa shape index (κ3) is 4.55. The fraction of sp³-hybridized carbons (Fsp3) is 0.588. The summed E-state index contributed by atoms with van der Waals surface area (Å²) in [5.41, 5.74) is 0.692. The molecule has 110 valence electrons. The topological polar surface area (TPSA) is 38.3 Å². The lowest BCUT2D eigenvalue weighted by molar-refractivity contribution is 0.0927. The summed E-state index contributed by atoms with van der Waals surface area (Å²) in [4.78, 5) is 12.2. The van der Waals surface area contributed by atoms with Crippen LogP contribution in [-0.4, -0.2) is 18.6 Å². The minimum absolute atomic E-state index is 0.0203. The second kappa shape index (κ2) is 7.32. The van der Waals surface area contributed by atoms with E-state index in [1.165, 1.54) is 19.3 Å². The first-order chi connectivity index (χ1) is 9.65. The summed E-state index contributed by atoms with van der Waals surface area (Å²) in [6.45, 7) is 4.90. The number of benzene rings is 1. The van der Waals surface area contributed by atoms with Crippen molar-refractivity contribution in [1.29, 1.82) is 0 Å². The smallest absolute Gasteiger partial charge is 0.251 e.